The van der Waals surface area contributed by atoms with E-state index in [0.29, 0.717) is 0 Å². The molecular weight excluding hydrogens is 264 g/mol. The van der Waals surface area contributed by atoms with Gasteiger partial charge in [0.05, 0.1) is 21.5 Å². The predicted molar refractivity (Wildman–Crippen MR) is 68.3 cm³/mol. The van der Waals surface area contributed by atoms with Gasteiger partial charge < -0.3 is 5.32 Å². The second-order valence-electron chi connectivity index (χ2n) is 4.39. The van der Waals surface area contributed by atoms with Crippen LogP contribution in [0.5, 0.6) is 0 Å². The van der Waals surface area contributed by atoms with E-state index in [4.69, 9.17) is 23.2 Å². The number of hydrogen-bond donors (Lipinski definition) is 1. The Bertz CT molecular complexity index is 412. The van der Waals surface area contributed by atoms with Crippen LogP contribution in [0.25, 0.3) is 0 Å². The fraction of sp³-hybridized carbons (Fsp3) is 0.417. The third-order valence-electron chi connectivity index (χ3n) is 2.62. The molecule has 17 heavy (non-hydrogen) atoms. The van der Waals surface area contributed by atoms with Crippen molar-refractivity contribution in [3.8, 4) is 0 Å². The minimum atomic E-state index is -0.649. The second-order valence-corrected chi connectivity index (χ2v) is 5.45. The Hall–Kier alpha value is -0.800. The number of carbonyl (C=O) groups is 1. The van der Waals surface area contributed by atoms with Gasteiger partial charge in [0, 0.05) is 0 Å². The maximum atomic E-state index is 13.5. The van der Waals surface area contributed by atoms with Gasteiger partial charge in [0.1, 0.15) is 5.82 Å². The molecule has 0 heterocycles. The first-order valence-electron chi connectivity index (χ1n) is 5.16. The lowest BCUT2D eigenvalue weighted by Crippen LogP contribution is -2.49. The van der Waals surface area contributed by atoms with Gasteiger partial charge in [0.15, 0.2) is 0 Å². The molecule has 0 aliphatic carbocycles. The molecule has 0 aliphatic rings. The zero-order valence-corrected chi connectivity index (χ0v) is 11.4. The molecule has 94 valence electrons. The molecule has 1 aromatic carbocycles. The highest BCUT2D eigenvalue weighted by Gasteiger charge is 2.28. The SMILES string of the molecule is CC(Cl)C(C)(C)NC(=O)c1c(F)cccc1Cl. The third kappa shape index (κ3) is 3.33. The van der Waals surface area contributed by atoms with Gasteiger partial charge in [0.25, 0.3) is 5.91 Å². The van der Waals surface area contributed by atoms with E-state index in [1.54, 1.807) is 20.8 Å². The monoisotopic (exact) mass is 277 g/mol. The molecule has 1 amide bonds. The molecule has 1 N–H and O–H groups in total. The summed E-state index contributed by atoms with van der Waals surface area (Å²) in [5.74, 6) is -1.21. The number of carbonyl (C=O) groups excluding carboxylic acids is 1. The molecule has 0 saturated heterocycles. The van der Waals surface area contributed by atoms with Crippen LogP contribution in [0.1, 0.15) is 31.1 Å². The van der Waals surface area contributed by atoms with Gasteiger partial charge in [-0.1, -0.05) is 17.7 Å². The van der Waals surface area contributed by atoms with Crippen LogP contribution in [-0.2, 0) is 0 Å². The lowest BCUT2D eigenvalue weighted by atomic mass is 10.0. The number of rotatable bonds is 3. The van der Waals surface area contributed by atoms with E-state index in [1.165, 1.54) is 18.2 Å². The molecule has 0 radical (unpaired) electrons. The summed E-state index contributed by atoms with van der Waals surface area (Å²) in [6, 6.07) is 4.11. The van der Waals surface area contributed by atoms with Crippen LogP contribution < -0.4 is 5.32 Å². The Morgan fingerprint density at radius 3 is 2.53 bits per heavy atom. The lowest BCUT2D eigenvalue weighted by molar-refractivity contribution is 0.0908. The van der Waals surface area contributed by atoms with Crippen LogP contribution in [0.4, 0.5) is 4.39 Å². The van der Waals surface area contributed by atoms with Crippen molar-refractivity contribution in [1.29, 1.82) is 0 Å². The molecule has 1 unspecified atom stereocenters. The smallest absolute Gasteiger partial charge is 0.256 e. The van der Waals surface area contributed by atoms with Crippen molar-refractivity contribution < 1.29 is 9.18 Å². The topological polar surface area (TPSA) is 29.1 Å². The lowest BCUT2D eigenvalue weighted by Gasteiger charge is -2.29. The van der Waals surface area contributed by atoms with Crippen LogP contribution in [-0.4, -0.2) is 16.8 Å². The van der Waals surface area contributed by atoms with Crippen LogP contribution in [0.3, 0.4) is 0 Å². The van der Waals surface area contributed by atoms with Gasteiger partial charge in [-0.2, -0.15) is 0 Å². The van der Waals surface area contributed by atoms with E-state index in [2.05, 4.69) is 5.32 Å². The van der Waals surface area contributed by atoms with Crippen molar-refractivity contribution in [1.82, 2.24) is 5.32 Å². The van der Waals surface area contributed by atoms with Gasteiger partial charge in [-0.05, 0) is 32.9 Å². The van der Waals surface area contributed by atoms with Crippen LogP contribution in [0.2, 0.25) is 5.02 Å². The fourth-order valence-electron chi connectivity index (χ4n) is 1.17. The maximum Gasteiger partial charge on any atom is 0.256 e. The summed E-state index contributed by atoms with van der Waals surface area (Å²) >= 11 is 11.7. The molecule has 1 rings (SSSR count). The number of amides is 1. The van der Waals surface area contributed by atoms with E-state index in [9.17, 15) is 9.18 Å². The summed E-state index contributed by atoms with van der Waals surface area (Å²) in [5, 5.41) is 2.45. The highest BCUT2D eigenvalue weighted by molar-refractivity contribution is 6.33. The Balaban J connectivity index is 2.99. The van der Waals surface area contributed by atoms with Crippen LogP contribution >= 0.6 is 23.2 Å². The predicted octanol–water partition coefficient (Wildman–Crippen LogP) is 3.61. The molecule has 2 nitrogen and oxygen atoms in total. The van der Waals surface area contributed by atoms with Gasteiger partial charge in [0.2, 0.25) is 0 Å². The van der Waals surface area contributed by atoms with Crippen LogP contribution in [0.15, 0.2) is 18.2 Å². The van der Waals surface area contributed by atoms with E-state index >= 15 is 0 Å². The molecule has 0 saturated carbocycles. The normalized spacial score (nSPS) is 13.3. The first kappa shape index (κ1) is 14.3. The van der Waals surface area contributed by atoms with Crippen molar-refractivity contribution >= 4 is 29.1 Å². The Morgan fingerprint density at radius 2 is 2.06 bits per heavy atom. The number of nitrogens with one attached hydrogen (secondary N) is 1. The summed E-state index contributed by atoms with van der Waals surface area (Å²) in [5.41, 5.74) is -0.802. The Kier molecular flexibility index (Phi) is 4.39. The average molecular weight is 278 g/mol. The van der Waals surface area contributed by atoms with Crippen molar-refractivity contribution in [2.45, 2.75) is 31.7 Å². The van der Waals surface area contributed by atoms with E-state index in [-0.39, 0.29) is 16.0 Å². The maximum absolute atomic E-state index is 13.5. The summed E-state index contributed by atoms with van der Waals surface area (Å²) in [7, 11) is 0. The number of alkyl halides is 1. The molecule has 1 aromatic rings. The molecule has 0 fully saturated rings. The standard InChI is InChI=1S/C12H14Cl2FNO/c1-7(13)12(2,3)16-11(17)10-8(14)5-4-6-9(10)15/h4-7H,1-3H3,(H,16,17). The number of hydrogen-bond acceptors (Lipinski definition) is 1. The highest BCUT2D eigenvalue weighted by Crippen LogP contribution is 2.21. The molecule has 0 aromatic heterocycles. The summed E-state index contributed by atoms with van der Waals surface area (Å²) in [4.78, 5) is 11.9. The van der Waals surface area contributed by atoms with Gasteiger partial charge >= 0.3 is 0 Å². The molecule has 0 aliphatic heterocycles. The average Bonchev–Trinajstić information content (AvgIpc) is 2.15. The highest BCUT2D eigenvalue weighted by atomic mass is 35.5. The number of halogens is 3. The Morgan fingerprint density at radius 1 is 1.47 bits per heavy atom. The van der Waals surface area contributed by atoms with Gasteiger partial charge in [-0.25, -0.2) is 4.39 Å². The van der Waals surface area contributed by atoms with Crippen molar-refractivity contribution in [2.24, 2.45) is 0 Å². The van der Waals surface area contributed by atoms with Crippen molar-refractivity contribution in [2.75, 3.05) is 0 Å². The molecular formula is C12H14Cl2FNO. The summed E-state index contributed by atoms with van der Waals surface area (Å²) < 4.78 is 13.5. The number of benzene rings is 1. The minimum Gasteiger partial charge on any atom is -0.346 e. The first-order chi connectivity index (χ1) is 7.75. The van der Waals surface area contributed by atoms with E-state index < -0.39 is 17.3 Å². The van der Waals surface area contributed by atoms with Crippen molar-refractivity contribution in [3.05, 3.63) is 34.6 Å². The first-order valence-corrected chi connectivity index (χ1v) is 5.97. The van der Waals surface area contributed by atoms with Crippen molar-refractivity contribution in [3.63, 3.8) is 0 Å². The third-order valence-corrected chi connectivity index (χ3v) is 3.48. The quantitative estimate of drug-likeness (QED) is 0.841. The summed E-state index contributed by atoms with van der Waals surface area (Å²) in [6.45, 7) is 5.28. The van der Waals surface area contributed by atoms with Gasteiger partial charge in [-0.3, -0.25) is 4.79 Å². The molecule has 0 spiro atoms. The van der Waals surface area contributed by atoms with Crippen LogP contribution in [0, 0.1) is 5.82 Å². The minimum absolute atomic E-state index is 0.0838. The van der Waals surface area contributed by atoms with E-state index in [1.807, 2.05) is 0 Å². The second kappa shape index (κ2) is 5.23. The van der Waals surface area contributed by atoms with E-state index in [0.717, 1.165) is 0 Å². The molecule has 1 atom stereocenters. The van der Waals surface area contributed by atoms with Gasteiger partial charge in [-0.15, -0.1) is 11.6 Å². The fourth-order valence-corrected chi connectivity index (χ4v) is 1.47. The largest absolute Gasteiger partial charge is 0.346 e. The summed E-state index contributed by atoms with van der Waals surface area (Å²) in [6.07, 6.45) is 0. The molecule has 5 heteroatoms. The molecule has 0 bridgehead atoms. The Labute approximate surface area is 110 Å². The zero-order valence-electron chi connectivity index (χ0n) is 9.85. The zero-order chi connectivity index (χ0) is 13.2.